The monoisotopic (exact) mass is 534 g/mol. The predicted molar refractivity (Wildman–Crippen MR) is 148 cm³/mol. The van der Waals surface area contributed by atoms with Crippen LogP contribution in [0, 0.1) is 35.5 Å². The SMILES string of the molecule is CC(=O)NC/C1=C/C=C/C[C@H](C2CCC[C@@H]2C(N)=O)OC(=O)C[C@@H](O)[C@H](C)C[C@H](C)C[C@H](C)C[C@H](C)[C@@H]1O. The topological polar surface area (TPSA) is 139 Å². The van der Waals surface area contributed by atoms with Crippen LogP contribution in [0.15, 0.2) is 23.8 Å². The molecule has 1 saturated carbocycles. The Balaban J connectivity index is 2.35. The zero-order valence-electron chi connectivity index (χ0n) is 23.9. The molecule has 0 spiro atoms. The van der Waals surface area contributed by atoms with E-state index in [1.165, 1.54) is 6.92 Å². The van der Waals surface area contributed by atoms with Crippen molar-refractivity contribution < 1.29 is 29.3 Å². The third-order valence-electron chi connectivity index (χ3n) is 8.36. The third kappa shape index (κ3) is 10.2. The molecule has 0 saturated heterocycles. The number of cyclic esters (lactones) is 1. The van der Waals surface area contributed by atoms with Crippen molar-refractivity contribution in [2.75, 3.05) is 6.54 Å². The number of amides is 2. The van der Waals surface area contributed by atoms with Crippen LogP contribution in [0.2, 0.25) is 0 Å². The van der Waals surface area contributed by atoms with Crippen LogP contribution in [0.5, 0.6) is 0 Å². The number of hydrogen-bond acceptors (Lipinski definition) is 6. The van der Waals surface area contributed by atoms with E-state index in [1.807, 2.05) is 32.1 Å². The molecule has 0 radical (unpaired) electrons. The van der Waals surface area contributed by atoms with Crippen LogP contribution in [0.25, 0.3) is 0 Å². The number of carbonyl (C=O) groups excluding carboxylic acids is 3. The van der Waals surface area contributed by atoms with Crippen LogP contribution in [0.4, 0.5) is 0 Å². The number of carbonyl (C=O) groups is 3. The Kier molecular flexibility index (Phi) is 13.0. The van der Waals surface area contributed by atoms with E-state index in [9.17, 15) is 24.6 Å². The summed E-state index contributed by atoms with van der Waals surface area (Å²) in [7, 11) is 0. The molecule has 1 heterocycles. The minimum absolute atomic E-state index is 0.00368. The zero-order valence-corrected chi connectivity index (χ0v) is 23.9. The lowest BCUT2D eigenvalue weighted by Gasteiger charge is -2.29. The molecule has 0 bridgehead atoms. The van der Waals surface area contributed by atoms with Crippen molar-refractivity contribution in [2.24, 2.45) is 41.2 Å². The number of rotatable bonds is 4. The molecule has 9 atom stereocenters. The summed E-state index contributed by atoms with van der Waals surface area (Å²) in [4.78, 5) is 36.5. The van der Waals surface area contributed by atoms with Gasteiger partial charge in [-0.3, -0.25) is 14.4 Å². The molecular formula is C30H50N2O6. The number of allylic oxidation sites excluding steroid dienone is 2. The van der Waals surface area contributed by atoms with E-state index in [1.54, 1.807) is 0 Å². The quantitative estimate of drug-likeness (QED) is 0.406. The van der Waals surface area contributed by atoms with Crippen LogP contribution in [-0.4, -0.2) is 52.9 Å². The number of ether oxygens (including phenoxy) is 1. The Bertz CT molecular complexity index is 856. The van der Waals surface area contributed by atoms with Crippen LogP contribution >= 0.6 is 0 Å². The molecule has 1 aliphatic heterocycles. The molecular weight excluding hydrogens is 484 g/mol. The van der Waals surface area contributed by atoms with E-state index in [2.05, 4.69) is 19.2 Å². The molecule has 216 valence electrons. The van der Waals surface area contributed by atoms with Gasteiger partial charge in [-0.05, 0) is 61.3 Å². The van der Waals surface area contributed by atoms with Gasteiger partial charge < -0.3 is 26.0 Å². The molecule has 1 unspecified atom stereocenters. The van der Waals surface area contributed by atoms with Gasteiger partial charge >= 0.3 is 5.97 Å². The van der Waals surface area contributed by atoms with Gasteiger partial charge in [-0.1, -0.05) is 52.3 Å². The molecule has 1 aliphatic carbocycles. The number of nitrogens with two attached hydrogens (primary N) is 1. The highest BCUT2D eigenvalue weighted by atomic mass is 16.5. The van der Waals surface area contributed by atoms with E-state index < -0.39 is 24.3 Å². The Hall–Kier alpha value is -2.19. The molecule has 2 rings (SSSR count). The second-order valence-corrected chi connectivity index (χ2v) is 12.0. The Morgan fingerprint density at radius 3 is 2.34 bits per heavy atom. The van der Waals surface area contributed by atoms with E-state index in [0.29, 0.717) is 30.3 Å². The summed E-state index contributed by atoms with van der Waals surface area (Å²) in [6, 6.07) is 0. The Labute approximate surface area is 228 Å². The highest BCUT2D eigenvalue weighted by Gasteiger charge is 2.38. The first-order chi connectivity index (χ1) is 17.9. The summed E-state index contributed by atoms with van der Waals surface area (Å²) in [5.74, 6) is -0.892. The van der Waals surface area contributed by atoms with Crippen molar-refractivity contribution in [1.82, 2.24) is 5.32 Å². The van der Waals surface area contributed by atoms with Gasteiger partial charge in [0.25, 0.3) is 0 Å². The smallest absolute Gasteiger partial charge is 0.308 e. The summed E-state index contributed by atoms with van der Waals surface area (Å²) < 4.78 is 5.88. The van der Waals surface area contributed by atoms with E-state index in [-0.39, 0.29) is 48.5 Å². The van der Waals surface area contributed by atoms with Crippen LogP contribution < -0.4 is 11.1 Å². The number of aliphatic hydroxyl groups excluding tert-OH is 2. The first-order valence-electron chi connectivity index (χ1n) is 14.3. The highest BCUT2D eigenvalue weighted by molar-refractivity contribution is 5.77. The number of primary amides is 1. The fourth-order valence-electron chi connectivity index (χ4n) is 6.38. The molecule has 0 aromatic carbocycles. The Morgan fingerprint density at radius 1 is 1.05 bits per heavy atom. The molecule has 0 aromatic rings. The summed E-state index contributed by atoms with van der Waals surface area (Å²) in [5.41, 5.74) is 6.37. The van der Waals surface area contributed by atoms with E-state index >= 15 is 0 Å². The third-order valence-corrected chi connectivity index (χ3v) is 8.36. The number of hydrogen-bond donors (Lipinski definition) is 4. The average Bonchev–Trinajstić information content (AvgIpc) is 3.31. The minimum Gasteiger partial charge on any atom is -0.462 e. The van der Waals surface area contributed by atoms with Crippen LogP contribution in [0.1, 0.15) is 86.0 Å². The van der Waals surface area contributed by atoms with Gasteiger partial charge in [0.1, 0.15) is 6.10 Å². The molecule has 1 fully saturated rings. The van der Waals surface area contributed by atoms with Gasteiger partial charge in [0.05, 0.1) is 18.6 Å². The largest absolute Gasteiger partial charge is 0.462 e. The molecule has 2 aliphatic rings. The van der Waals surface area contributed by atoms with Gasteiger partial charge in [-0.2, -0.15) is 0 Å². The number of esters is 1. The van der Waals surface area contributed by atoms with E-state index in [4.69, 9.17) is 10.5 Å². The van der Waals surface area contributed by atoms with Gasteiger partial charge in [0, 0.05) is 31.7 Å². The highest BCUT2D eigenvalue weighted by Crippen LogP contribution is 2.37. The molecule has 38 heavy (non-hydrogen) atoms. The minimum atomic E-state index is -0.800. The van der Waals surface area contributed by atoms with Crippen molar-refractivity contribution in [2.45, 2.75) is 104 Å². The van der Waals surface area contributed by atoms with Crippen LogP contribution in [-0.2, 0) is 19.1 Å². The van der Waals surface area contributed by atoms with Crippen molar-refractivity contribution in [3.63, 3.8) is 0 Å². The summed E-state index contributed by atoms with van der Waals surface area (Å²) in [5, 5.41) is 24.7. The first kappa shape index (κ1) is 32.0. The van der Waals surface area contributed by atoms with Crippen molar-refractivity contribution in [3.8, 4) is 0 Å². The van der Waals surface area contributed by atoms with E-state index in [0.717, 1.165) is 32.1 Å². The summed E-state index contributed by atoms with van der Waals surface area (Å²) in [6.07, 6.45) is 8.57. The lowest BCUT2D eigenvalue weighted by Crippen LogP contribution is -2.36. The molecule has 0 aromatic heterocycles. The fraction of sp³-hybridized carbons (Fsp3) is 0.767. The predicted octanol–water partition coefficient (Wildman–Crippen LogP) is 3.65. The van der Waals surface area contributed by atoms with Gasteiger partial charge in [0.15, 0.2) is 0 Å². The second kappa shape index (κ2) is 15.4. The first-order valence-corrected chi connectivity index (χ1v) is 14.3. The summed E-state index contributed by atoms with van der Waals surface area (Å²) >= 11 is 0. The number of nitrogens with one attached hydrogen (secondary N) is 1. The fourth-order valence-corrected chi connectivity index (χ4v) is 6.38. The zero-order chi connectivity index (χ0) is 28.4. The van der Waals surface area contributed by atoms with Gasteiger partial charge in [-0.25, -0.2) is 0 Å². The molecule has 8 nitrogen and oxygen atoms in total. The lowest BCUT2D eigenvalue weighted by molar-refractivity contribution is -0.156. The average molecular weight is 535 g/mol. The normalized spacial score (nSPS) is 38.7. The van der Waals surface area contributed by atoms with Crippen molar-refractivity contribution in [3.05, 3.63) is 23.8 Å². The molecule has 2 amide bonds. The standard InChI is InChI=1S/C30H50N2O6/c1-18-13-19(2)15-21(4)29(36)23(17-32-22(5)33)9-6-7-12-27(24-10-8-11-25(24)30(31)37)38-28(35)16-26(34)20(3)14-18/h6-7,9,18-21,24-27,29,34,36H,8,10-17H2,1-5H3,(H2,31,37)(H,32,33)/b7-6+,23-9-/t18-,19+,20-,21+,24?,25+,26-,27-,29+/m1/s1. The second-order valence-electron chi connectivity index (χ2n) is 12.0. The molecule has 8 heteroatoms. The summed E-state index contributed by atoms with van der Waals surface area (Å²) in [6.45, 7) is 10.0. The van der Waals surface area contributed by atoms with Gasteiger partial charge in [0.2, 0.25) is 11.8 Å². The van der Waals surface area contributed by atoms with Crippen molar-refractivity contribution in [1.29, 1.82) is 0 Å². The maximum absolute atomic E-state index is 12.9. The van der Waals surface area contributed by atoms with Crippen LogP contribution in [0.3, 0.4) is 0 Å². The maximum Gasteiger partial charge on any atom is 0.308 e. The number of aliphatic hydroxyl groups is 2. The Morgan fingerprint density at radius 2 is 1.71 bits per heavy atom. The molecule has 5 N–H and O–H groups in total. The maximum atomic E-state index is 12.9. The van der Waals surface area contributed by atoms with Crippen molar-refractivity contribution >= 4 is 17.8 Å². The van der Waals surface area contributed by atoms with Gasteiger partial charge in [-0.15, -0.1) is 0 Å². The lowest BCUT2D eigenvalue weighted by atomic mass is 9.82.